The van der Waals surface area contributed by atoms with E-state index in [1.165, 1.54) is 16.9 Å². The van der Waals surface area contributed by atoms with E-state index in [9.17, 15) is 9.59 Å². The quantitative estimate of drug-likeness (QED) is 0.530. The molecular weight excluding hydrogens is 453 g/mol. The highest BCUT2D eigenvalue weighted by molar-refractivity contribution is 7.15. The fourth-order valence-corrected chi connectivity index (χ4v) is 5.15. The Balaban J connectivity index is 1.45. The SMILES string of the molecule is CC(=O)N1CCc2ccccc2C1CC(=O)Nc1ncc(Cc2cccc(Cl)c2Cl)s1. The Hall–Kier alpha value is -2.41. The Kier molecular flexibility index (Phi) is 6.60. The molecule has 2 heterocycles. The van der Waals surface area contributed by atoms with Crippen LogP contribution >= 0.6 is 34.5 Å². The molecule has 4 rings (SSSR count). The zero-order valence-corrected chi connectivity index (χ0v) is 19.2. The lowest BCUT2D eigenvalue weighted by Gasteiger charge is -2.36. The molecule has 1 N–H and O–H groups in total. The number of amides is 2. The maximum Gasteiger partial charge on any atom is 0.228 e. The molecule has 1 aliphatic heterocycles. The Morgan fingerprint density at radius 1 is 1.19 bits per heavy atom. The van der Waals surface area contributed by atoms with E-state index in [1.807, 2.05) is 30.3 Å². The average molecular weight is 474 g/mol. The maximum atomic E-state index is 12.8. The molecule has 0 aliphatic carbocycles. The fourth-order valence-electron chi connectivity index (χ4n) is 3.91. The summed E-state index contributed by atoms with van der Waals surface area (Å²) >= 11 is 13.8. The number of hydrogen-bond acceptors (Lipinski definition) is 4. The van der Waals surface area contributed by atoms with E-state index < -0.39 is 0 Å². The lowest BCUT2D eigenvalue weighted by molar-refractivity contribution is -0.132. The van der Waals surface area contributed by atoms with E-state index in [0.29, 0.717) is 28.1 Å². The van der Waals surface area contributed by atoms with E-state index in [4.69, 9.17) is 23.2 Å². The summed E-state index contributed by atoms with van der Waals surface area (Å²) in [6.45, 7) is 2.17. The van der Waals surface area contributed by atoms with Crippen molar-refractivity contribution in [3.05, 3.63) is 80.3 Å². The smallest absolute Gasteiger partial charge is 0.228 e. The van der Waals surface area contributed by atoms with Gasteiger partial charge in [-0.3, -0.25) is 9.59 Å². The molecule has 1 aliphatic rings. The minimum atomic E-state index is -0.271. The molecule has 0 bridgehead atoms. The average Bonchev–Trinajstić information content (AvgIpc) is 3.18. The van der Waals surface area contributed by atoms with Crippen LogP contribution in [0, 0.1) is 0 Å². The first kappa shape index (κ1) is 21.8. The zero-order chi connectivity index (χ0) is 22.0. The van der Waals surface area contributed by atoms with Crippen LogP contribution in [0.1, 0.15) is 41.0 Å². The van der Waals surface area contributed by atoms with Crippen LogP contribution in [0.4, 0.5) is 5.13 Å². The molecule has 1 unspecified atom stereocenters. The van der Waals surface area contributed by atoms with E-state index in [-0.39, 0.29) is 24.3 Å². The highest BCUT2D eigenvalue weighted by Crippen LogP contribution is 2.33. The molecule has 3 aromatic rings. The molecule has 0 fully saturated rings. The predicted molar refractivity (Wildman–Crippen MR) is 125 cm³/mol. The van der Waals surface area contributed by atoms with Gasteiger partial charge >= 0.3 is 0 Å². The van der Waals surface area contributed by atoms with Gasteiger partial charge in [-0.05, 0) is 29.2 Å². The normalized spacial score (nSPS) is 15.5. The Morgan fingerprint density at radius 2 is 2.00 bits per heavy atom. The van der Waals surface area contributed by atoms with Crippen molar-refractivity contribution < 1.29 is 9.59 Å². The van der Waals surface area contributed by atoms with Crippen molar-refractivity contribution in [2.75, 3.05) is 11.9 Å². The topological polar surface area (TPSA) is 62.3 Å². The molecule has 1 aromatic heterocycles. The van der Waals surface area contributed by atoms with Crippen LogP contribution in [-0.4, -0.2) is 28.2 Å². The molecule has 0 saturated heterocycles. The van der Waals surface area contributed by atoms with E-state index >= 15 is 0 Å². The number of aromatic nitrogens is 1. The van der Waals surface area contributed by atoms with Gasteiger partial charge in [0.1, 0.15) is 0 Å². The number of anilines is 1. The van der Waals surface area contributed by atoms with Crippen molar-refractivity contribution >= 4 is 51.5 Å². The van der Waals surface area contributed by atoms with Gasteiger partial charge in [-0.15, -0.1) is 11.3 Å². The summed E-state index contributed by atoms with van der Waals surface area (Å²) in [5.41, 5.74) is 3.13. The van der Waals surface area contributed by atoms with E-state index in [0.717, 1.165) is 22.4 Å². The van der Waals surface area contributed by atoms with Gasteiger partial charge in [-0.2, -0.15) is 0 Å². The third-order valence-corrected chi connectivity index (χ3v) is 7.16. The van der Waals surface area contributed by atoms with Gasteiger partial charge in [-0.25, -0.2) is 4.98 Å². The van der Waals surface area contributed by atoms with Crippen LogP contribution < -0.4 is 5.32 Å². The number of hydrogen-bond donors (Lipinski definition) is 1. The number of thiazole rings is 1. The summed E-state index contributed by atoms with van der Waals surface area (Å²) in [5, 5.41) is 4.45. The number of fused-ring (bicyclic) bond motifs is 1. The monoisotopic (exact) mass is 473 g/mol. The Labute approximate surface area is 195 Å². The van der Waals surface area contributed by atoms with Crippen molar-refractivity contribution in [2.45, 2.75) is 32.2 Å². The number of nitrogens with zero attached hydrogens (tertiary/aromatic N) is 2. The van der Waals surface area contributed by atoms with Crippen LogP contribution in [0.15, 0.2) is 48.7 Å². The second-order valence-corrected chi connectivity index (χ2v) is 9.35. The molecule has 160 valence electrons. The minimum absolute atomic E-state index is 0.0257. The second kappa shape index (κ2) is 9.39. The van der Waals surface area contributed by atoms with Gasteiger partial charge in [0.25, 0.3) is 0 Å². The van der Waals surface area contributed by atoms with Gasteiger partial charge in [0.05, 0.1) is 22.5 Å². The molecule has 2 amide bonds. The lowest BCUT2D eigenvalue weighted by Crippen LogP contribution is -2.40. The Bertz CT molecular complexity index is 1130. The molecule has 1 atom stereocenters. The number of carbonyl (C=O) groups is 2. The van der Waals surface area contributed by atoms with E-state index in [2.05, 4.69) is 16.4 Å². The molecule has 5 nitrogen and oxygen atoms in total. The van der Waals surface area contributed by atoms with Crippen molar-refractivity contribution in [1.29, 1.82) is 0 Å². The minimum Gasteiger partial charge on any atom is -0.335 e. The van der Waals surface area contributed by atoms with Crippen molar-refractivity contribution in [2.24, 2.45) is 0 Å². The number of carbonyl (C=O) groups excluding carboxylic acids is 2. The standard InChI is InChI=1S/C23H21Cl2N3O2S/c1-14(29)28-10-9-15-5-2-3-7-18(15)20(28)12-21(30)27-23-26-13-17(31-23)11-16-6-4-8-19(24)22(16)25/h2-8,13,20H,9-12H2,1H3,(H,26,27,30). The third kappa shape index (κ3) is 4.92. The van der Waals surface area contributed by atoms with Gasteiger partial charge in [-0.1, -0.05) is 59.6 Å². The number of halogens is 2. The molecule has 31 heavy (non-hydrogen) atoms. The number of nitrogens with one attached hydrogen (secondary N) is 1. The van der Waals surface area contributed by atoms with Crippen LogP contribution in [-0.2, 0) is 22.4 Å². The number of benzene rings is 2. The maximum absolute atomic E-state index is 12.8. The summed E-state index contributed by atoms with van der Waals surface area (Å²) in [4.78, 5) is 32.0. The first-order chi connectivity index (χ1) is 14.9. The van der Waals surface area contributed by atoms with E-state index in [1.54, 1.807) is 24.1 Å². The third-order valence-electron chi connectivity index (χ3n) is 5.39. The summed E-state index contributed by atoms with van der Waals surface area (Å²) in [6.07, 6.45) is 3.30. The van der Waals surface area contributed by atoms with Crippen LogP contribution in [0.2, 0.25) is 10.0 Å². The summed E-state index contributed by atoms with van der Waals surface area (Å²) in [7, 11) is 0. The largest absolute Gasteiger partial charge is 0.335 e. The van der Waals surface area contributed by atoms with Gasteiger partial charge in [0.2, 0.25) is 11.8 Å². The summed E-state index contributed by atoms with van der Waals surface area (Å²) in [5.74, 6) is -0.197. The van der Waals surface area contributed by atoms with Crippen LogP contribution in [0.5, 0.6) is 0 Å². The molecule has 8 heteroatoms. The van der Waals surface area contributed by atoms with Crippen molar-refractivity contribution in [3.63, 3.8) is 0 Å². The first-order valence-electron chi connectivity index (χ1n) is 9.95. The lowest BCUT2D eigenvalue weighted by atomic mass is 9.90. The molecule has 0 spiro atoms. The molecule has 2 aromatic carbocycles. The molecular formula is C23H21Cl2N3O2S. The van der Waals surface area contributed by atoms with Gasteiger partial charge in [0, 0.05) is 31.0 Å². The van der Waals surface area contributed by atoms with Crippen molar-refractivity contribution in [1.82, 2.24) is 9.88 Å². The summed E-state index contributed by atoms with van der Waals surface area (Å²) < 4.78 is 0. The van der Waals surface area contributed by atoms with Crippen molar-refractivity contribution in [3.8, 4) is 0 Å². The fraction of sp³-hybridized carbons (Fsp3) is 0.261. The van der Waals surface area contributed by atoms with Gasteiger partial charge in [0.15, 0.2) is 5.13 Å². The first-order valence-corrected chi connectivity index (χ1v) is 11.5. The van der Waals surface area contributed by atoms with Crippen LogP contribution in [0.25, 0.3) is 0 Å². The molecule has 0 radical (unpaired) electrons. The molecule has 0 saturated carbocycles. The zero-order valence-electron chi connectivity index (χ0n) is 16.9. The predicted octanol–water partition coefficient (Wildman–Crippen LogP) is 5.52. The highest BCUT2D eigenvalue weighted by Gasteiger charge is 2.30. The Morgan fingerprint density at radius 3 is 2.81 bits per heavy atom. The highest BCUT2D eigenvalue weighted by atomic mass is 35.5. The summed E-state index contributed by atoms with van der Waals surface area (Å²) in [6, 6.07) is 13.2. The number of rotatable bonds is 5. The van der Waals surface area contributed by atoms with Crippen LogP contribution in [0.3, 0.4) is 0 Å². The van der Waals surface area contributed by atoms with Gasteiger partial charge < -0.3 is 10.2 Å². The second-order valence-electron chi connectivity index (χ2n) is 7.45.